The molecule has 0 saturated heterocycles. The van der Waals surface area contributed by atoms with Gasteiger partial charge in [0.1, 0.15) is 29.4 Å². The number of pyridine rings is 2. The van der Waals surface area contributed by atoms with Gasteiger partial charge in [-0.2, -0.15) is 0 Å². The van der Waals surface area contributed by atoms with E-state index in [9.17, 15) is 0 Å². The first kappa shape index (κ1) is 32.8. The van der Waals surface area contributed by atoms with Crippen LogP contribution >= 0.6 is 0 Å². The summed E-state index contributed by atoms with van der Waals surface area (Å²) in [7, 11) is 0. The monoisotopic (exact) mass is 590 g/mol. The Bertz CT molecular complexity index is 1490. The van der Waals surface area contributed by atoms with Crippen molar-refractivity contribution in [1.29, 1.82) is 0 Å². The molecule has 4 heterocycles. The Morgan fingerprint density at radius 1 is 0.628 bits per heavy atom. The molecule has 8 nitrogen and oxygen atoms in total. The molecule has 0 fully saturated rings. The van der Waals surface area contributed by atoms with E-state index in [4.69, 9.17) is 19.4 Å². The maximum absolute atomic E-state index is 6.06. The first-order valence-electron chi connectivity index (χ1n) is 15.8. The molecule has 0 aromatic carbocycles. The van der Waals surface area contributed by atoms with Crippen LogP contribution in [0.25, 0.3) is 11.3 Å². The van der Waals surface area contributed by atoms with Gasteiger partial charge in [-0.1, -0.05) is 34.6 Å². The van der Waals surface area contributed by atoms with Crippen molar-refractivity contribution in [1.82, 2.24) is 29.4 Å². The Kier molecular flexibility index (Phi) is 9.82. The van der Waals surface area contributed by atoms with Crippen LogP contribution in [0.2, 0.25) is 0 Å². The zero-order chi connectivity index (χ0) is 31.5. The Hall–Kier alpha value is -3.10. The zero-order valence-electron chi connectivity index (χ0n) is 28.2. The van der Waals surface area contributed by atoms with E-state index in [1.165, 1.54) is 0 Å². The van der Waals surface area contributed by atoms with E-state index in [0.717, 1.165) is 66.5 Å². The van der Waals surface area contributed by atoms with E-state index in [0.29, 0.717) is 13.2 Å². The van der Waals surface area contributed by atoms with Crippen molar-refractivity contribution < 1.29 is 9.47 Å². The van der Waals surface area contributed by atoms with Crippen LogP contribution in [0.5, 0.6) is 11.5 Å². The van der Waals surface area contributed by atoms with Crippen LogP contribution in [0.3, 0.4) is 0 Å². The molecule has 43 heavy (non-hydrogen) atoms. The number of rotatable bonds is 14. The van der Waals surface area contributed by atoms with E-state index < -0.39 is 0 Å². The third-order valence-electron chi connectivity index (χ3n) is 7.90. The predicted molar refractivity (Wildman–Crippen MR) is 177 cm³/mol. The van der Waals surface area contributed by atoms with Gasteiger partial charge >= 0.3 is 0 Å². The summed E-state index contributed by atoms with van der Waals surface area (Å²) in [6.45, 7) is 25.2. The molecule has 0 aliphatic carbocycles. The Labute approximate surface area is 258 Å². The van der Waals surface area contributed by atoms with Gasteiger partial charge in [-0.05, 0) is 84.7 Å². The highest BCUT2D eigenvalue weighted by molar-refractivity contribution is 5.45. The Morgan fingerprint density at radius 2 is 1.19 bits per heavy atom. The summed E-state index contributed by atoms with van der Waals surface area (Å²) in [4.78, 5) is 9.69. The lowest BCUT2D eigenvalue weighted by Gasteiger charge is -2.31. The van der Waals surface area contributed by atoms with Gasteiger partial charge in [0.05, 0.1) is 30.4 Å². The van der Waals surface area contributed by atoms with E-state index in [1.807, 2.05) is 36.7 Å². The molecule has 0 aliphatic rings. The van der Waals surface area contributed by atoms with E-state index in [2.05, 4.69) is 101 Å². The molecule has 0 aliphatic heterocycles. The second-order valence-electron chi connectivity index (χ2n) is 15.2. The molecular formula is C35H54N6O2. The van der Waals surface area contributed by atoms with Crippen LogP contribution in [-0.4, -0.2) is 56.2 Å². The molecule has 0 saturated carbocycles. The smallest absolute Gasteiger partial charge is 0.137 e. The molecule has 4 aromatic heterocycles. The number of imidazole rings is 2. The van der Waals surface area contributed by atoms with E-state index in [-0.39, 0.29) is 21.9 Å². The highest BCUT2D eigenvalue weighted by atomic mass is 16.5. The average molecular weight is 591 g/mol. The van der Waals surface area contributed by atoms with Crippen LogP contribution in [0, 0.1) is 0 Å². The maximum Gasteiger partial charge on any atom is 0.137 e. The third kappa shape index (κ3) is 9.44. The lowest BCUT2D eigenvalue weighted by Crippen LogP contribution is -2.41. The van der Waals surface area contributed by atoms with Crippen molar-refractivity contribution in [3.63, 3.8) is 0 Å². The van der Waals surface area contributed by atoms with Gasteiger partial charge in [-0.3, -0.25) is 0 Å². The Morgan fingerprint density at radius 3 is 1.77 bits per heavy atom. The molecule has 0 spiro atoms. The summed E-state index contributed by atoms with van der Waals surface area (Å²) in [5, 5.41) is 7.20. The van der Waals surface area contributed by atoms with Gasteiger partial charge in [0.25, 0.3) is 0 Å². The van der Waals surface area contributed by atoms with Crippen LogP contribution < -0.4 is 20.1 Å². The third-order valence-corrected chi connectivity index (χ3v) is 7.90. The van der Waals surface area contributed by atoms with Gasteiger partial charge in [-0.15, -0.1) is 0 Å². The number of fused-ring (bicyclic) bond motifs is 2. The molecule has 0 atom stereocenters. The average Bonchev–Trinajstić information content (AvgIpc) is 3.54. The van der Waals surface area contributed by atoms with Crippen molar-refractivity contribution in [2.24, 2.45) is 0 Å². The lowest BCUT2D eigenvalue weighted by molar-refractivity contribution is 0.277. The summed E-state index contributed by atoms with van der Waals surface area (Å²) in [6, 6.07) is 8.07. The topological polar surface area (TPSA) is 77.1 Å². The molecule has 4 aromatic rings. The summed E-state index contributed by atoms with van der Waals surface area (Å²) in [5.74, 6) is 1.73. The van der Waals surface area contributed by atoms with Crippen molar-refractivity contribution in [2.75, 3.05) is 26.3 Å². The van der Waals surface area contributed by atoms with Crippen LogP contribution in [0.4, 0.5) is 0 Å². The second kappa shape index (κ2) is 12.9. The van der Waals surface area contributed by atoms with Crippen molar-refractivity contribution in [2.45, 2.75) is 110 Å². The minimum atomic E-state index is -0.0510. The molecule has 0 unspecified atom stereocenters. The number of nitrogens with one attached hydrogen (secondary N) is 2. The fraction of sp³-hybridized carbons (Fsp3) is 0.600. The Balaban J connectivity index is 1.22. The number of ether oxygens (including phenoxy) is 2. The minimum Gasteiger partial charge on any atom is -0.492 e. The number of nitrogens with zero attached hydrogens (tertiary/aromatic N) is 4. The van der Waals surface area contributed by atoms with Crippen molar-refractivity contribution in [3.05, 3.63) is 60.4 Å². The minimum absolute atomic E-state index is 0.0115. The molecule has 236 valence electrons. The summed E-state index contributed by atoms with van der Waals surface area (Å²) in [5.41, 5.74) is 4.16. The van der Waals surface area contributed by atoms with E-state index >= 15 is 0 Å². The molecular weight excluding hydrogens is 536 g/mol. The van der Waals surface area contributed by atoms with Gasteiger partial charge in [0.2, 0.25) is 0 Å². The molecule has 0 amide bonds. The summed E-state index contributed by atoms with van der Waals surface area (Å²) < 4.78 is 16.2. The highest BCUT2D eigenvalue weighted by Gasteiger charge is 2.28. The highest BCUT2D eigenvalue weighted by Crippen LogP contribution is 2.31. The first-order valence-corrected chi connectivity index (χ1v) is 15.8. The van der Waals surface area contributed by atoms with Crippen LogP contribution in [-0.2, 0) is 10.8 Å². The largest absolute Gasteiger partial charge is 0.492 e. The molecule has 2 N–H and O–H groups in total. The van der Waals surface area contributed by atoms with Gasteiger partial charge < -0.3 is 28.9 Å². The summed E-state index contributed by atoms with van der Waals surface area (Å²) in [6.07, 6.45) is 11.3. The lowest BCUT2D eigenvalue weighted by atomic mass is 9.81. The SMILES string of the molecule is CC(C)(C)NCCOc1ccc2nc(C(C)(C)CCC(C)(C)NCCCOc3ccc4nc(C(C)(C)C)cn4c3)cn2c1. The van der Waals surface area contributed by atoms with Crippen LogP contribution in [0.15, 0.2) is 49.1 Å². The van der Waals surface area contributed by atoms with Crippen molar-refractivity contribution in [3.8, 4) is 11.5 Å². The van der Waals surface area contributed by atoms with Gasteiger partial charge in [0, 0.05) is 40.8 Å². The van der Waals surface area contributed by atoms with Gasteiger partial charge in [0.15, 0.2) is 0 Å². The summed E-state index contributed by atoms with van der Waals surface area (Å²) >= 11 is 0. The normalized spacial score (nSPS) is 13.3. The molecule has 8 heteroatoms. The zero-order valence-corrected chi connectivity index (χ0v) is 28.2. The quantitative estimate of drug-likeness (QED) is 0.155. The molecule has 0 bridgehead atoms. The maximum atomic E-state index is 6.06. The van der Waals surface area contributed by atoms with Crippen molar-refractivity contribution >= 4 is 11.3 Å². The molecule has 0 radical (unpaired) electrons. The number of aromatic nitrogens is 4. The first-order chi connectivity index (χ1) is 20.0. The van der Waals surface area contributed by atoms with E-state index in [1.54, 1.807) is 0 Å². The fourth-order valence-corrected chi connectivity index (χ4v) is 4.93. The van der Waals surface area contributed by atoms with Gasteiger partial charge in [-0.25, -0.2) is 9.97 Å². The number of hydrogen-bond donors (Lipinski definition) is 2. The van der Waals surface area contributed by atoms with Crippen LogP contribution in [0.1, 0.15) is 99.9 Å². The second-order valence-corrected chi connectivity index (χ2v) is 15.2. The fourth-order valence-electron chi connectivity index (χ4n) is 4.93. The standard InChI is InChI=1S/C35H54N6O2/c1-32(2,3)28-24-40-22-26(12-14-30(40)38-28)42-20-11-18-37-35(9,10)17-16-34(7,8)29-25-41-23-27(13-15-31(41)39-29)43-21-19-36-33(4,5)6/h12-15,22-25,36-37H,11,16-21H2,1-10H3. The molecule has 4 rings (SSSR count). The number of hydrogen-bond acceptors (Lipinski definition) is 6. The predicted octanol–water partition coefficient (Wildman–Crippen LogP) is 6.94.